The van der Waals surface area contributed by atoms with Crippen molar-refractivity contribution in [2.45, 2.75) is 56.8 Å². The Hall–Kier alpha value is -0.830. The first-order valence-corrected chi connectivity index (χ1v) is 9.43. The van der Waals surface area contributed by atoms with E-state index in [2.05, 4.69) is 13.8 Å². The topological polar surface area (TPSA) is 34.1 Å². The SMILES string of the molecule is C[C@@H]1[C@@H](C)c2ccccc2S(=O)(=O)CC12CCCCC2. The molecule has 2 nitrogen and oxygen atoms in total. The van der Waals surface area contributed by atoms with E-state index < -0.39 is 9.84 Å². The first kappa shape index (κ1) is 14.1. The van der Waals surface area contributed by atoms with Crippen molar-refractivity contribution in [3.05, 3.63) is 29.8 Å². The van der Waals surface area contributed by atoms with Gasteiger partial charge in [0.25, 0.3) is 0 Å². The summed E-state index contributed by atoms with van der Waals surface area (Å²) in [5.41, 5.74) is 1.03. The van der Waals surface area contributed by atoms with Crippen molar-refractivity contribution >= 4 is 9.84 Å². The third-order valence-corrected chi connectivity index (χ3v) is 7.78. The van der Waals surface area contributed by atoms with Gasteiger partial charge >= 0.3 is 0 Å². The fourth-order valence-corrected chi connectivity index (χ4v) is 6.75. The molecule has 1 aromatic carbocycles. The highest BCUT2D eigenvalue weighted by Crippen LogP contribution is 2.52. The molecule has 20 heavy (non-hydrogen) atoms. The van der Waals surface area contributed by atoms with Crippen LogP contribution in [0.2, 0.25) is 0 Å². The van der Waals surface area contributed by atoms with E-state index in [9.17, 15) is 8.42 Å². The van der Waals surface area contributed by atoms with Gasteiger partial charge in [-0.05, 0) is 41.7 Å². The third-order valence-electron chi connectivity index (χ3n) is 5.79. The van der Waals surface area contributed by atoms with E-state index in [1.807, 2.05) is 18.2 Å². The molecule has 0 radical (unpaired) electrons. The lowest BCUT2D eigenvalue weighted by molar-refractivity contribution is 0.119. The summed E-state index contributed by atoms with van der Waals surface area (Å²) < 4.78 is 25.7. The van der Waals surface area contributed by atoms with Gasteiger partial charge in [-0.15, -0.1) is 0 Å². The number of hydrogen-bond acceptors (Lipinski definition) is 2. The van der Waals surface area contributed by atoms with Gasteiger partial charge in [0.2, 0.25) is 0 Å². The van der Waals surface area contributed by atoms with Gasteiger partial charge in [-0.2, -0.15) is 0 Å². The molecular weight excluding hydrogens is 268 g/mol. The van der Waals surface area contributed by atoms with Crippen LogP contribution in [-0.2, 0) is 9.84 Å². The van der Waals surface area contributed by atoms with Crippen LogP contribution in [0.3, 0.4) is 0 Å². The van der Waals surface area contributed by atoms with Crippen LogP contribution in [0.15, 0.2) is 29.2 Å². The molecule has 0 aromatic heterocycles. The Morgan fingerprint density at radius 2 is 1.70 bits per heavy atom. The van der Waals surface area contributed by atoms with Crippen molar-refractivity contribution in [2.24, 2.45) is 11.3 Å². The molecule has 2 atom stereocenters. The van der Waals surface area contributed by atoms with Crippen molar-refractivity contribution in [1.29, 1.82) is 0 Å². The predicted octanol–water partition coefficient (Wildman–Crippen LogP) is 4.16. The maximum atomic E-state index is 12.9. The van der Waals surface area contributed by atoms with E-state index in [4.69, 9.17) is 0 Å². The summed E-state index contributed by atoms with van der Waals surface area (Å²) in [5, 5.41) is 0. The monoisotopic (exact) mass is 292 g/mol. The molecule has 1 fully saturated rings. The summed E-state index contributed by atoms with van der Waals surface area (Å²) in [5.74, 6) is 1.10. The molecule has 0 unspecified atom stereocenters. The Balaban J connectivity index is 2.15. The fraction of sp³-hybridized carbons (Fsp3) is 0.647. The lowest BCUT2D eigenvalue weighted by Gasteiger charge is -2.43. The van der Waals surface area contributed by atoms with Gasteiger partial charge < -0.3 is 0 Å². The zero-order chi connectivity index (χ0) is 14.4. The molecule has 1 saturated carbocycles. The van der Waals surface area contributed by atoms with Crippen LogP contribution in [0.5, 0.6) is 0 Å². The standard InChI is InChI=1S/C17H24O2S/c1-13-14(2)17(10-6-3-7-11-17)12-20(18,19)16-9-5-4-8-15(13)16/h4-5,8-9,13-14H,3,6-7,10-12H2,1-2H3/t13-,14-/m1/s1. The molecule has 2 aliphatic rings. The van der Waals surface area contributed by atoms with Crippen LogP contribution in [0.4, 0.5) is 0 Å². The van der Waals surface area contributed by atoms with Gasteiger partial charge in [0.05, 0.1) is 10.6 Å². The first-order valence-electron chi connectivity index (χ1n) is 7.78. The summed E-state index contributed by atoms with van der Waals surface area (Å²) in [7, 11) is -3.15. The van der Waals surface area contributed by atoms with E-state index in [1.165, 1.54) is 19.3 Å². The molecule has 110 valence electrons. The Morgan fingerprint density at radius 1 is 1.05 bits per heavy atom. The van der Waals surface area contributed by atoms with Crippen LogP contribution in [0.25, 0.3) is 0 Å². The molecule has 0 amide bonds. The Morgan fingerprint density at radius 3 is 2.40 bits per heavy atom. The van der Waals surface area contributed by atoms with Gasteiger partial charge in [0.15, 0.2) is 9.84 Å². The molecule has 1 spiro atoms. The van der Waals surface area contributed by atoms with Crippen LogP contribution >= 0.6 is 0 Å². The minimum Gasteiger partial charge on any atom is -0.224 e. The number of sulfone groups is 1. The highest BCUT2D eigenvalue weighted by atomic mass is 32.2. The molecule has 3 rings (SSSR count). The summed E-state index contributed by atoms with van der Waals surface area (Å²) in [6, 6.07) is 7.63. The molecule has 0 saturated heterocycles. The average Bonchev–Trinajstić information content (AvgIpc) is 2.50. The van der Waals surface area contributed by atoms with Crippen LogP contribution < -0.4 is 0 Å². The normalized spacial score (nSPS) is 31.5. The van der Waals surface area contributed by atoms with Gasteiger partial charge in [-0.25, -0.2) is 8.42 Å². The van der Waals surface area contributed by atoms with Gasteiger partial charge in [-0.3, -0.25) is 0 Å². The average molecular weight is 292 g/mol. The quantitative estimate of drug-likeness (QED) is 0.719. The Kier molecular flexibility index (Phi) is 3.44. The van der Waals surface area contributed by atoms with E-state index in [1.54, 1.807) is 6.07 Å². The molecular formula is C17H24O2S. The lowest BCUT2D eigenvalue weighted by atomic mass is 9.63. The number of benzene rings is 1. The van der Waals surface area contributed by atoms with Gasteiger partial charge in [0, 0.05) is 0 Å². The molecule has 1 heterocycles. The summed E-state index contributed by atoms with van der Waals surface area (Å²) in [6.45, 7) is 4.48. The van der Waals surface area contributed by atoms with Crippen molar-refractivity contribution in [2.75, 3.05) is 5.75 Å². The van der Waals surface area contributed by atoms with Crippen molar-refractivity contribution in [3.63, 3.8) is 0 Å². The van der Waals surface area contributed by atoms with E-state index in [-0.39, 0.29) is 5.41 Å². The maximum absolute atomic E-state index is 12.9. The maximum Gasteiger partial charge on any atom is 0.179 e. The number of fused-ring (bicyclic) bond motifs is 1. The zero-order valence-corrected chi connectivity index (χ0v) is 13.2. The summed E-state index contributed by atoms with van der Waals surface area (Å²) in [6.07, 6.45) is 5.78. The van der Waals surface area contributed by atoms with Crippen molar-refractivity contribution in [3.8, 4) is 0 Å². The second kappa shape index (κ2) is 4.87. The van der Waals surface area contributed by atoms with E-state index >= 15 is 0 Å². The van der Waals surface area contributed by atoms with Crippen molar-refractivity contribution in [1.82, 2.24) is 0 Å². The van der Waals surface area contributed by atoms with Crippen molar-refractivity contribution < 1.29 is 8.42 Å². The predicted molar refractivity (Wildman–Crippen MR) is 81.6 cm³/mol. The fourth-order valence-electron chi connectivity index (χ4n) is 4.38. The molecule has 1 aliphatic carbocycles. The van der Waals surface area contributed by atoms with E-state index in [0.717, 1.165) is 18.4 Å². The molecule has 0 N–H and O–H groups in total. The van der Waals surface area contributed by atoms with Crippen LogP contribution in [0.1, 0.15) is 57.4 Å². The first-order chi connectivity index (χ1) is 9.46. The van der Waals surface area contributed by atoms with Gasteiger partial charge in [0.1, 0.15) is 0 Å². The Bertz CT molecular complexity index is 597. The molecule has 1 aliphatic heterocycles. The smallest absolute Gasteiger partial charge is 0.179 e. The highest BCUT2D eigenvalue weighted by molar-refractivity contribution is 7.91. The number of rotatable bonds is 0. The van der Waals surface area contributed by atoms with E-state index in [0.29, 0.717) is 22.5 Å². The molecule has 1 aromatic rings. The minimum absolute atomic E-state index is 0.00444. The summed E-state index contributed by atoms with van der Waals surface area (Å²) in [4.78, 5) is 0.585. The zero-order valence-electron chi connectivity index (χ0n) is 12.4. The third kappa shape index (κ3) is 2.11. The summed E-state index contributed by atoms with van der Waals surface area (Å²) >= 11 is 0. The van der Waals surface area contributed by atoms with Crippen LogP contribution in [0, 0.1) is 11.3 Å². The van der Waals surface area contributed by atoms with Crippen LogP contribution in [-0.4, -0.2) is 14.2 Å². The van der Waals surface area contributed by atoms with Gasteiger partial charge in [-0.1, -0.05) is 51.3 Å². The largest absolute Gasteiger partial charge is 0.224 e. The second-order valence-corrected chi connectivity index (χ2v) is 8.76. The molecule has 0 bridgehead atoms. The minimum atomic E-state index is -3.15. The highest BCUT2D eigenvalue weighted by Gasteiger charge is 2.46. The Labute approximate surface area is 122 Å². The lowest BCUT2D eigenvalue weighted by Crippen LogP contribution is -2.38. The molecule has 3 heteroatoms. The number of hydrogen-bond donors (Lipinski definition) is 0. The second-order valence-electron chi connectivity index (χ2n) is 6.80.